The topological polar surface area (TPSA) is 49.8 Å². The van der Waals surface area contributed by atoms with Crippen LogP contribution in [0.2, 0.25) is 0 Å². The van der Waals surface area contributed by atoms with E-state index in [2.05, 4.69) is 57.0 Å². The van der Waals surface area contributed by atoms with Gasteiger partial charge < -0.3 is 10.6 Å². The predicted octanol–water partition coefficient (Wildman–Crippen LogP) is 4.44. The van der Waals surface area contributed by atoms with Gasteiger partial charge in [-0.25, -0.2) is 4.98 Å². The van der Waals surface area contributed by atoms with Gasteiger partial charge in [0.15, 0.2) is 0 Å². The maximum absolute atomic E-state index is 4.56. The van der Waals surface area contributed by atoms with Crippen molar-refractivity contribution in [2.75, 3.05) is 17.2 Å². The summed E-state index contributed by atoms with van der Waals surface area (Å²) in [7, 11) is 0. The van der Waals surface area contributed by atoms with Crippen molar-refractivity contribution in [3.05, 3.63) is 83.6 Å². The van der Waals surface area contributed by atoms with E-state index in [0.717, 1.165) is 37.4 Å². The summed E-state index contributed by atoms with van der Waals surface area (Å²) >= 11 is 0. The Morgan fingerprint density at radius 1 is 0.800 bits per heavy atom. The lowest BCUT2D eigenvalue weighted by Crippen LogP contribution is -2.09. The van der Waals surface area contributed by atoms with Crippen molar-refractivity contribution in [1.29, 1.82) is 0 Å². The Hall–Kier alpha value is -2.88. The molecule has 0 saturated heterocycles. The van der Waals surface area contributed by atoms with Crippen LogP contribution in [0.15, 0.2) is 66.7 Å². The fraction of sp³-hybridized carbons (Fsp3) is 0.238. The zero-order chi connectivity index (χ0) is 17.3. The Bertz CT molecular complexity index is 772. The first-order valence-electron chi connectivity index (χ1n) is 8.71. The highest BCUT2D eigenvalue weighted by molar-refractivity contribution is 5.42. The molecule has 2 aromatic carbocycles. The van der Waals surface area contributed by atoms with Crippen molar-refractivity contribution < 1.29 is 0 Å². The van der Waals surface area contributed by atoms with Gasteiger partial charge in [-0.3, -0.25) is 0 Å². The van der Waals surface area contributed by atoms with Gasteiger partial charge in [0.1, 0.15) is 5.82 Å². The van der Waals surface area contributed by atoms with E-state index >= 15 is 0 Å². The van der Waals surface area contributed by atoms with Gasteiger partial charge in [0.05, 0.1) is 0 Å². The van der Waals surface area contributed by atoms with Crippen molar-refractivity contribution in [2.24, 2.45) is 0 Å². The summed E-state index contributed by atoms with van der Waals surface area (Å²) in [5, 5.41) is 6.70. The summed E-state index contributed by atoms with van der Waals surface area (Å²) in [5.74, 6) is 1.53. The fourth-order valence-electron chi connectivity index (χ4n) is 2.66. The largest absolute Gasteiger partial charge is 0.366 e. The van der Waals surface area contributed by atoms with Crippen LogP contribution in [0.25, 0.3) is 0 Å². The van der Waals surface area contributed by atoms with E-state index in [9.17, 15) is 0 Å². The molecule has 0 bridgehead atoms. The van der Waals surface area contributed by atoms with E-state index in [0.29, 0.717) is 5.95 Å². The molecule has 0 aliphatic rings. The second-order valence-electron chi connectivity index (χ2n) is 6.07. The van der Waals surface area contributed by atoms with Gasteiger partial charge in [0, 0.05) is 24.8 Å². The van der Waals surface area contributed by atoms with Gasteiger partial charge in [-0.05, 0) is 30.9 Å². The lowest BCUT2D eigenvalue weighted by atomic mass is 10.1. The van der Waals surface area contributed by atoms with Crippen molar-refractivity contribution in [3.8, 4) is 0 Å². The minimum atomic E-state index is 0.684. The molecule has 1 heterocycles. The molecule has 2 N–H and O–H groups in total. The number of aromatic nitrogens is 2. The van der Waals surface area contributed by atoms with Gasteiger partial charge in [0.25, 0.3) is 0 Å². The van der Waals surface area contributed by atoms with E-state index in [1.807, 2.05) is 37.3 Å². The Kier molecular flexibility index (Phi) is 5.99. The molecule has 0 fully saturated rings. The van der Waals surface area contributed by atoms with Crippen LogP contribution in [-0.2, 0) is 13.0 Å². The molecule has 4 nitrogen and oxygen atoms in total. The standard InChI is InChI=1S/C21H24N4/c1-17-15-20(23-16-19-11-6-3-7-12-19)25-21(24-17)22-14-8-13-18-9-4-2-5-10-18/h2-7,9-12,15H,8,13-14,16H2,1H3,(H2,22,23,24,25). The highest BCUT2D eigenvalue weighted by Gasteiger charge is 2.02. The molecule has 0 aliphatic heterocycles. The Morgan fingerprint density at radius 3 is 2.20 bits per heavy atom. The zero-order valence-corrected chi connectivity index (χ0v) is 14.6. The van der Waals surface area contributed by atoms with E-state index in [4.69, 9.17) is 0 Å². The maximum Gasteiger partial charge on any atom is 0.224 e. The van der Waals surface area contributed by atoms with Gasteiger partial charge >= 0.3 is 0 Å². The van der Waals surface area contributed by atoms with E-state index in [-0.39, 0.29) is 0 Å². The number of hydrogen-bond acceptors (Lipinski definition) is 4. The van der Waals surface area contributed by atoms with Crippen LogP contribution < -0.4 is 10.6 Å². The predicted molar refractivity (Wildman–Crippen MR) is 104 cm³/mol. The summed E-state index contributed by atoms with van der Waals surface area (Å²) < 4.78 is 0. The summed E-state index contributed by atoms with van der Waals surface area (Å²) in [4.78, 5) is 9.03. The first kappa shape index (κ1) is 17.0. The SMILES string of the molecule is Cc1cc(NCc2ccccc2)nc(NCCCc2ccccc2)n1. The smallest absolute Gasteiger partial charge is 0.224 e. The van der Waals surface area contributed by atoms with Crippen molar-refractivity contribution >= 4 is 11.8 Å². The van der Waals surface area contributed by atoms with Crippen LogP contribution >= 0.6 is 0 Å². The maximum atomic E-state index is 4.56. The van der Waals surface area contributed by atoms with Crippen molar-refractivity contribution in [2.45, 2.75) is 26.3 Å². The molecule has 0 spiro atoms. The van der Waals surface area contributed by atoms with Crippen LogP contribution in [0.3, 0.4) is 0 Å². The highest BCUT2D eigenvalue weighted by Crippen LogP contribution is 2.12. The minimum Gasteiger partial charge on any atom is -0.366 e. The van der Waals surface area contributed by atoms with Crippen LogP contribution in [0, 0.1) is 6.92 Å². The summed E-state index contributed by atoms with van der Waals surface area (Å²) in [6, 6.07) is 22.8. The molecule has 0 radical (unpaired) electrons. The van der Waals surface area contributed by atoms with Crippen LogP contribution in [0.1, 0.15) is 23.2 Å². The highest BCUT2D eigenvalue weighted by atomic mass is 15.1. The number of hydrogen-bond donors (Lipinski definition) is 2. The molecule has 4 heteroatoms. The Balaban J connectivity index is 1.50. The normalized spacial score (nSPS) is 10.4. The number of rotatable bonds is 8. The molecule has 1 aromatic heterocycles. The third-order valence-electron chi connectivity index (χ3n) is 3.94. The van der Waals surface area contributed by atoms with Crippen molar-refractivity contribution in [1.82, 2.24) is 9.97 Å². The number of benzene rings is 2. The minimum absolute atomic E-state index is 0.684. The molecule has 0 atom stereocenters. The second kappa shape index (κ2) is 8.83. The molecule has 25 heavy (non-hydrogen) atoms. The number of anilines is 2. The summed E-state index contributed by atoms with van der Waals surface area (Å²) in [6.45, 7) is 3.60. The molecular weight excluding hydrogens is 308 g/mol. The van der Waals surface area contributed by atoms with Crippen LogP contribution in [0.5, 0.6) is 0 Å². The number of nitrogens with zero attached hydrogens (tertiary/aromatic N) is 2. The Morgan fingerprint density at radius 2 is 1.48 bits per heavy atom. The average Bonchev–Trinajstić information content (AvgIpc) is 2.65. The van der Waals surface area contributed by atoms with Gasteiger partial charge in [-0.15, -0.1) is 0 Å². The van der Waals surface area contributed by atoms with Crippen LogP contribution in [-0.4, -0.2) is 16.5 Å². The monoisotopic (exact) mass is 332 g/mol. The molecule has 3 rings (SSSR count). The van der Waals surface area contributed by atoms with Gasteiger partial charge in [-0.1, -0.05) is 60.7 Å². The number of nitrogens with one attached hydrogen (secondary N) is 2. The van der Waals surface area contributed by atoms with E-state index in [1.54, 1.807) is 0 Å². The molecule has 0 aliphatic carbocycles. The number of aryl methyl sites for hydroxylation is 2. The fourth-order valence-corrected chi connectivity index (χ4v) is 2.66. The van der Waals surface area contributed by atoms with Crippen molar-refractivity contribution in [3.63, 3.8) is 0 Å². The van der Waals surface area contributed by atoms with Gasteiger partial charge in [0.2, 0.25) is 5.95 Å². The third kappa shape index (κ3) is 5.60. The third-order valence-corrected chi connectivity index (χ3v) is 3.94. The quantitative estimate of drug-likeness (QED) is 0.599. The van der Waals surface area contributed by atoms with E-state index < -0.39 is 0 Å². The lowest BCUT2D eigenvalue weighted by molar-refractivity contribution is 0.851. The molecule has 0 saturated carbocycles. The zero-order valence-electron chi connectivity index (χ0n) is 14.6. The summed E-state index contributed by atoms with van der Waals surface area (Å²) in [5.41, 5.74) is 3.55. The van der Waals surface area contributed by atoms with E-state index in [1.165, 1.54) is 11.1 Å². The molecule has 0 unspecified atom stereocenters. The molecule has 0 amide bonds. The molecule has 3 aromatic rings. The van der Waals surface area contributed by atoms with Gasteiger partial charge in [-0.2, -0.15) is 4.98 Å². The average molecular weight is 332 g/mol. The summed E-state index contributed by atoms with van der Waals surface area (Å²) in [6.07, 6.45) is 2.10. The first-order chi connectivity index (χ1) is 12.3. The van der Waals surface area contributed by atoms with Crippen LogP contribution in [0.4, 0.5) is 11.8 Å². The Labute approximate surface area is 149 Å². The molecular formula is C21H24N4. The first-order valence-corrected chi connectivity index (χ1v) is 8.71. The lowest BCUT2D eigenvalue weighted by Gasteiger charge is -2.10. The second-order valence-corrected chi connectivity index (χ2v) is 6.07. The molecule has 128 valence electrons.